The summed E-state index contributed by atoms with van der Waals surface area (Å²) in [6.07, 6.45) is 5.82. The Balaban J connectivity index is 1.61. The minimum Gasteiger partial charge on any atom is -0.194 e. The molecule has 8 rings (SSSR count). The number of fused-ring (bicyclic) bond motifs is 2. The SMILES string of the molecule is ClB1C(c2ccccc2)=C2CCCC23B(Cl)C1(c1ccccc1)C1=C(CCC1)C(c1ccccc1)=C3c1ccccc1. The van der Waals surface area contributed by atoms with Crippen LogP contribution < -0.4 is 0 Å². The average molecular weight is 581 g/mol. The van der Waals surface area contributed by atoms with Crippen LogP contribution in [0, 0.1) is 0 Å². The molecule has 204 valence electrons. The monoisotopic (exact) mass is 580 g/mol. The van der Waals surface area contributed by atoms with E-state index in [9.17, 15) is 0 Å². The van der Waals surface area contributed by atoms with E-state index in [0.29, 0.717) is 0 Å². The van der Waals surface area contributed by atoms with Crippen molar-refractivity contribution in [3.63, 3.8) is 0 Å². The van der Waals surface area contributed by atoms with Crippen LogP contribution in [0.1, 0.15) is 60.8 Å². The highest BCUT2D eigenvalue weighted by atomic mass is 35.5. The molecule has 2 atom stereocenters. The van der Waals surface area contributed by atoms with E-state index in [2.05, 4.69) is 121 Å². The molecule has 4 heteroatoms. The van der Waals surface area contributed by atoms with Gasteiger partial charge in [0.05, 0.1) is 0 Å². The first-order valence-electron chi connectivity index (χ1n) is 15.4. The van der Waals surface area contributed by atoms with Crippen LogP contribution in [0.4, 0.5) is 0 Å². The first kappa shape index (κ1) is 26.4. The largest absolute Gasteiger partial charge is 0.292 e. The number of halogens is 2. The van der Waals surface area contributed by atoms with E-state index in [1.165, 1.54) is 55.6 Å². The summed E-state index contributed by atoms with van der Waals surface area (Å²) in [4.78, 5) is 0. The Bertz CT molecular complexity index is 1740. The van der Waals surface area contributed by atoms with Crippen molar-refractivity contribution in [1.82, 2.24) is 0 Å². The van der Waals surface area contributed by atoms with Crippen LogP contribution in [0.25, 0.3) is 16.6 Å². The van der Waals surface area contributed by atoms with Gasteiger partial charge in [-0.15, -0.1) is 0 Å². The standard InChI is InChI=1S/C38H32B2Cl2/c41-39-36(29-19-9-3-10-20-29)33-25-14-26-37(33)35(28-17-7-2-8-18-28)34(27-15-5-1-6-16-27)31-23-13-24-32(31)38(39,40(37)42)30-21-11-4-12-22-30/h1-12,15-22H,13-14,23-26H2. The zero-order valence-corrected chi connectivity index (χ0v) is 25.2. The Hall–Kier alpha value is -3.19. The molecule has 1 saturated carbocycles. The van der Waals surface area contributed by atoms with Crippen LogP contribution in [-0.4, -0.2) is 12.3 Å². The Labute approximate surface area is 260 Å². The minimum atomic E-state index is -0.536. The Kier molecular flexibility index (Phi) is 6.43. The van der Waals surface area contributed by atoms with Gasteiger partial charge in [-0.2, -0.15) is 22.9 Å². The Morgan fingerprint density at radius 1 is 0.548 bits per heavy atom. The maximum Gasteiger partial charge on any atom is 0.292 e. The van der Waals surface area contributed by atoms with E-state index in [4.69, 9.17) is 22.9 Å². The highest BCUT2D eigenvalue weighted by Gasteiger charge is 2.70. The first-order valence-corrected chi connectivity index (χ1v) is 16.3. The van der Waals surface area contributed by atoms with Crippen molar-refractivity contribution in [2.24, 2.45) is 0 Å². The van der Waals surface area contributed by atoms with Crippen LogP contribution >= 0.6 is 22.9 Å². The van der Waals surface area contributed by atoms with Gasteiger partial charge in [-0.1, -0.05) is 138 Å². The number of hydrogen-bond donors (Lipinski definition) is 0. The Morgan fingerprint density at radius 3 is 1.74 bits per heavy atom. The molecule has 0 saturated heterocycles. The topological polar surface area (TPSA) is 0 Å². The lowest BCUT2D eigenvalue weighted by molar-refractivity contribution is 0.749. The third-order valence-corrected chi connectivity index (χ3v) is 11.8. The molecule has 0 aromatic heterocycles. The summed E-state index contributed by atoms with van der Waals surface area (Å²) in [6, 6.07) is 44.2. The van der Waals surface area contributed by atoms with Gasteiger partial charge in [0, 0.05) is 10.5 Å². The van der Waals surface area contributed by atoms with E-state index >= 15 is 0 Å². The molecule has 2 aliphatic carbocycles. The van der Waals surface area contributed by atoms with Crippen LogP contribution in [0.3, 0.4) is 0 Å². The minimum absolute atomic E-state index is 0.223. The second-order valence-electron chi connectivity index (χ2n) is 12.3. The number of benzene rings is 4. The molecule has 1 spiro atoms. The normalized spacial score (nSPS) is 25.1. The van der Waals surface area contributed by atoms with Crippen LogP contribution in [-0.2, 0) is 5.21 Å². The van der Waals surface area contributed by atoms with Gasteiger partial charge >= 0.3 is 0 Å². The van der Waals surface area contributed by atoms with E-state index in [-0.39, 0.29) is 17.6 Å². The average Bonchev–Trinajstić information content (AvgIpc) is 3.70. The third kappa shape index (κ3) is 3.52. The summed E-state index contributed by atoms with van der Waals surface area (Å²) in [7, 11) is 0. The zero-order valence-electron chi connectivity index (χ0n) is 23.7. The van der Waals surface area contributed by atoms with Gasteiger partial charge < -0.3 is 0 Å². The van der Waals surface area contributed by atoms with E-state index < -0.39 is 5.21 Å². The fraction of sp³-hybridized carbons (Fsp3) is 0.211. The van der Waals surface area contributed by atoms with Gasteiger partial charge in [0.1, 0.15) is 0 Å². The summed E-state index contributed by atoms with van der Waals surface area (Å²) in [5.41, 5.74) is 13.5. The molecule has 4 aliphatic rings. The van der Waals surface area contributed by atoms with Crippen molar-refractivity contribution in [3.05, 3.63) is 160 Å². The van der Waals surface area contributed by atoms with Gasteiger partial charge in [-0.05, 0) is 77.5 Å². The second-order valence-corrected chi connectivity index (χ2v) is 13.2. The summed E-state index contributed by atoms with van der Waals surface area (Å²) >= 11 is 16.4. The van der Waals surface area contributed by atoms with Crippen molar-refractivity contribution in [2.45, 2.75) is 49.1 Å². The van der Waals surface area contributed by atoms with E-state index in [0.717, 1.165) is 38.5 Å². The fourth-order valence-corrected chi connectivity index (χ4v) is 10.5. The molecule has 4 aromatic carbocycles. The molecule has 4 aromatic rings. The molecule has 2 heterocycles. The molecule has 2 aliphatic heterocycles. The highest BCUT2D eigenvalue weighted by Crippen LogP contribution is 2.74. The van der Waals surface area contributed by atoms with E-state index in [1.54, 1.807) is 0 Å². The lowest BCUT2D eigenvalue weighted by atomic mass is 9.16. The molecular formula is C38H32B2Cl2. The number of rotatable bonds is 4. The molecule has 1 fully saturated rings. The van der Waals surface area contributed by atoms with Gasteiger partial charge in [-0.3, -0.25) is 0 Å². The van der Waals surface area contributed by atoms with Gasteiger partial charge in [0.25, 0.3) is 12.3 Å². The lowest BCUT2D eigenvalue weighted by Gasteiger charge is -2.53. The van der Waals surface area contributed by atoms with Crippen molar-refractivity contribution < 1.29 is 0 Å². The van der Waals surface area contributed by atoms with E-state index in [1.807, 2.05) is 0 Å². The maximum atomic E-state index is 8.30. The predicted molar refractivity (Wildman–Crippen MR) is 182 cm³/mol. The number of allylic oxidation sites excluding steroid dienone is 5. The zero-order chi connectivity index (χ0) is 28.3. The van der Waals surface area contributed by atoms with Crippen molar-refractivity contribution in [1.29, 1.82) is 0 Å². The second kappa shape index (κ2) is 10.2. The molecule has 2 unspecified atom stereocenters. The fourth-order valence-electron chi connectivity index (χ4n) is 9.08. The van der Waals surface area contributed by atoms with Crippen molar-refractivity contribution >= 4 is 51.8 Å². The quantitative estimate of drug-likeness (QED) is 0.211. The molecule has 0 N–H and O–H groups in total. The van der Waals surface area contributed by atoms with Crippen molar-refractivity contribution in [3.8, 4) is 0 Å². The summed E-state index contributed by atoms with van der Waals surface area (Å²) < 4.78 is 0. The summed E-state index contributed by atoms with van der Waals surface area (Å²) in [5.74, 6) is 0. The molecule has 2 bridgehead atoms. The predicted octanol–water partition coefficient (Wildman–Crippen LogP) is 10.5. The Morgan fingerprint density at radius 2 is 1.10 bits per heavy atom. The van der Waals surface area contributed by atoms with Gasteiger partial charge in [0.15, 0.2) is 0 Å². The number of hydrogen-bond acceptors (Lipinski definition) is 0. The first-order chi connectivity index (χ1) is 20.7. The van der Waals surface area contributed by atoms with Crippen LogP contribution in [0.2, 0.25) is 5.31 Å². The molecule has 42 heavy (non-hydrogen) atoms. The smallest absolute Gasteiger partial charge is 0.194 e. The summed E-state index contributed by atoms with van der Waals surface area (Å²) in [6.45, 7) is 0. The summed E-state index contributed by atoms with van der Waals surface area (Å²) in [5, 5.41) is -0.892. The highest BCUT2D eigenvalue weighted by molar-refractivity contribution is 7.30. The van der Waals surface area contributed by atoms with Gasteiger partial charge in [-0.25, -0.2) is 0 Å². The van der Waals surface area contributed by atoms with Crippen LogP contribution in [0.5, 0.6) is 0 Å². The van der Waals surface area contributed by atoms with Crippen molar-refractivity contribution in [2.75, 3.05) is 0 Å². The third-order valence-electron chi connectivity index (χ3n) is 10.5. The van der Waals surface area contributed by atoms with Crippen LogP contribution in [0.15, 0.2) is 138 Å². The lowest BCUT2D eigenvalue weighted by Crippen LogP contribution is -2.60. The molecule has 0 nitrogen and oxygen atoms in total. The molecular weight excluding hydrogens is 549 g/mol. The van der Waals surface area contributed by atoms with Gasteiger partial charge in [0.2, 0.25) is 0 Å². The molecule has 0 radical (unpaired) electrons. The maximum absolute atomic E-state index is 8.30. The molecule has 0 amide bonds.